The minimum atomic E-state index is -1.66. The van der Waals surface area contributed by atoms with Gasteiger partial charge in [-0.1, -0.05) is 6.07 Å². The Morgan fingerprint density at radius 1 is 1.21 bits per heavy atom. The Bertz CT molecular complexity index is 435. The summed E-state index contributed by atoms with van der Waals surface area (Å²) in [6.45, 7) is 4.57. The van der Waals surface area contributed by atoms with E-state index in [2.05, 4.69) is 0 Å². The highest BCUT2D eigenvalue weighted by Gasteiger charge is 2.24. The molecule has 1 rings (SSSR count). The fourth-order valence-corrected chi connectivity index (χ4v) is 1.59. The molecule has 4 N–H and O–H groups in total. The van der Waals surface area contributed by atoms with E-state index in [0.717, 1.165) is 0 Å². The fraction of sp³-hybridized carbons (Fsp3) is 0.462. The Morgan fingerprint density at radius 3 is 2.32 bits per heavy atom. The van der Waals surface area contributed by atoms with Gasteiger partial charge < -0.3 is 25.4 Å². The van der Waals surface area contributed by atoms with Crippen LogP contribution in [-0.2, 0) is 4.79 Å². The van der Waals surface area contributed by atoms with Gasteiger partial charge in [0.15, 0.2) is 17.6 Å². The van der Waals surface area contributed by atoms with Gasteiger partial charge in [0.25, 0.3) is 0 Å². The van der Waals surface area contributed by atoms with Gasteiger partial charge in [-0.15, -0.1) is 0 Å². The van der Waals surface area contributed by atoms with Gasteiger partial charge in [-0.25, -0.2) is 0 Å². The van der Waals surface area contributed by atoms with Crippen LogP contribution in [0.2, 0.25) is 0 Å². The van der Waals surface area contributed by atoms with E-state index in [1.807, 2.05) is 13.8 Å². The number of benzene rings is 1. The number of rotatable bonds is 7. The Kier molecular flexibility index (Phi) is 5.59. The summed E-state index contributed by atoms with van der Waals surface area (Å²) in [7, 11) is 0. The first-order chi connectivity index (χ1) is 9.01. The normalized spacial score (nSPS) is 13.7. The largest absolute Gasteiger partial charge is 0.490 e. The van der Waals surface area contributed by atoms with Gasteiger partial charge >= 0.3 is 0 Å². The van der Waals surface area contributed by atoms with Crippen molar-refractivity contribution < 1.29 is 24.5 Å². The van der Waals surface area contributed by atoms with Gasteiger partial charge in [0, 0.05) is 0 Å². The third-order valence-corrected chi connectivity index (χ3v) is 2.50. The third-order valence-electron chi connectivity index (χ3n) is 2.50. The zero-order valence-corrected chi connectivity index (χ0v) is 11.0. The lowest BCUT2D eigenvalue weighted by Crippen LogP contribution is -2.33. The minimum Gasteiger partial charge on any atom is -0.490 e. The molecule has 0 fully saturated rings. The SMILES string of the molecule is CCOc1ccc(C(O)C(O)C(N)=O)cc1OCC. The maximum atomic E-state index is 10.9. The molecule has 2 unspecified atom stereocenters. The molecule has 2 atom stereocenters. The minimum absolute atomic E-state index is 0.332. The number of aliphatic hydroxyl groups is 2. The number of carbonyl (C=O) groups is 1. The average molecular weight is 269 g/mol. The molecular formula is C13H19NO5. The molecule has 19 heavy (non-hydrogen) atoms. The molecular weight excluding hydrogens is 250 g/mol. The summed E-state index contributed by atoms with van der Waals surface area (Å²) in [5, 5.41) is 19.3. The molecule has 0 aliphatic heterocycles. The van der Waals surface area contributed by atoms with Crippen molar-refractivity contribution in [2.45, 2.75) is 26.1 Å². The Balaban J connectivity index is 3.03. The predicted molar refractivity (Wildman–Crippen MR) is 68.9 cm³/mol. The van der Waals surface area contributed by atoms with Crippen molar-refractivity contribution in [3.63, 3.8) is 0 Å². The van der Waals surface area contributed by atoms with Crippen LogP contribution in [0, 0.1) is 0 Å². The monoisotopic (exact) mass is 269 g/mol. The third kappa shape index (κ3) is 3.84. The van der Waals surface area contributed by atoms with Crippen molar-refractivity contribution in [2.75, 3.05) is 13.2 Å². The number of nitrogens with two attached hydrogens (primary N) is 1. The summed E-state index contributed by atoms with van der Waals surface area (Å²) >= 11 is 0. The highest BCUT2D eigenvalue weighted by molar-refractivity contribution is 5.79. The quantitative estimate of drug-likeness (QED) is 0.663. The van der Waals surface area contributed by atoms with Crippen LogP contribution in [0.5, 0.6) is 11.5 Å². The second-order valence-electron chi connectivity index (χ2n) is 3.86. The lowest BCUT2D eigenvalue weighted by atomic mass is 10.0. The molecule has 0 aliphatic carbocycles. The summed E-state index contributed by atoms with van der Waals surface area (Å²) in [4.78, 5) is 10.9. The Hall–Kier alpha value is -1.79. The molecule has 0 radical (unpaired) electrons. The van der Waals surface area contributed by atoms with Crippen LogP contribution in [0.3, 0.4) is 0 Å². The van der Waals surface area contributed by atoms with Crippen LogP contribution in [0.4, 0.5) is 0 Å². The molecule has 1 aromatic rings. The van der Waals surface area contributed by atoms with Crippen molar-refractivity contribution >= 4 is 5.91 Å². The van der Waals surface area contributed by atoms with E-state index in [1.165, 1.54) is 6.07 Å². The summed E-state index contributed by atoms with van der Waals surface area (Å²) < 4.78 is 10.8. The maximum absolute atomic E-state index is 10.9. The van der Waals surface area contributed by atoms with Crippen molar-refractivity contribution in [2.24, 2.45) is 5.73 Å². The summed E-state index contributed by atoms with van der Waals surface area (Å²) in [5.41, 5.74) is 5.28. The standard InChI is InChI=1S/C13H19NO5/c1-3-18-9-6-5-8(7-10(9)19-4-2)11(15)12(16)13(14)17/h5-7,11-12,15-16H,3-4H2,1-2H3,(H2,14,17). The van der Waals surface area contributed by atoms with Crippen molar-refractivity contribution in [1.29, 1.82) is 0 Å². The molecule has 1 amide bonds. The first-order valence-corrected chi connectivity index (χ1v) is 6.06. The number of primary amides is 1. The number of carbonyl (C=O) groups excluding carboxylic acids is 1. The fourth-order valence-electron chi connectivity index (χ4n) is 1.59. The highest BCUT2D eigenvalue weighted by Crippen LogP contribution is 2.31. The second-order valence-corrected chi connectivity index (χ2v) is 3.86. The number of hydrogen-bond acceptors (Lipinski definition) is 5. The van der Waals surface area contributed by atoms with Crippen LogP contribution in [-0.4, -0.2) is 35.4 Å². The summed E-state index contributed by atoms with van der Waals surface area (Å²) in [6.07, 6.45) is -3.06. The van der Waals surface area contributed by atoms with Crippen LogP contribution >= 0.6 is 0 Å². The van der Waals surface area contributed by atoms with E-state index in [-0.39, 0.29) is 0 Å². The second kappa shape index (κ2) is 6.96. The van der Waals surface area contributed by atoms with E-state index in [0.29, 0.717) is 30.3 Å². The average Bonchev–Trinajstić information content (AvgIpc) is 2.39. The molecule has 0 aromatic heterocycles. The molecule has 106 valence electrons. The van der Waals surface area contributed by atoms with Gasteiger partial charge in [0.05, 0.1) is 13.2 Å². The zero-order valence-electron chi connectivity index (χ0n) is 11.0. The van der Waals surface area contributed by atoms with Crippen LogP contribution in [0.25, 0.3) is 0 Å². The van der Waals surface area contributed by atoms with E-state index >= 15 is 0 Å². The summed E-state index contributed by atoms with van der Waals surface area (Å²) in [5.74, 6) is -0.00854. The number of hydrogen-bond donors (Lipinski definition) is 3. The molecule has 0 aliphatic rings. The van der Waals surface area contributed by atoms with Gasteiger partial charge in [-0.05, 0) is 31.5 Å². The van der Waals surface area contributed by atoms with Crippen molar-refractivity contribution in [3.8, 4) is 11.5 Å². The van der Waals surface area contributed by atoms with Gasteiger partial charge in [0.2, 0.25) is 5.91 Å². The van der Waals surface area contributed by atoms with Gasteiger partial charge in [-0.2, -0.15) is 0 Å². The van der Waals surface area contributed by atoms with Crippen LogP contribution < -0.4 is 15.2 Å². The van der Waals surface area contributed by atoms with E-state index in [1.54, 1.807) is 12.1 Å². The van der Waals surface area contributed by atoms with Crippen molar-refractivity contribution in [3.05, 3.63) is 23.8 Å². The first-order valence-electron chi connectivity index (χ1n) is 6.06. The Labute approximate surface area is 111 Å². The predicted octanol–water partition coefficient (Wildman–Crippen LogP) is 0.364. The summed E-state index contributed by atoms with van der Waals surface area (Å²) in [6, 6.07) is 4.68. The van der Waals surface area contributed by atoms with E-state index < -0.39 is 18.1 Å². The maximum Gasteiger partial charge on any atom is 0.249 e. The molecule has 0 heterocycles. The number of aliphatic hydroxyl groups excluding tert-OH is 2. The number of amides is 1. The molecule has 0 saturated carbocycles. The topological polar surface area (TPSA) is 102 Å². The lowest BCUT2D eigenvalue weighted by molar-refractivity contribution is -0.131. The first kappa shape index (κ1) is 15.3. The molecule has 1 aromatic carbocycles. The molecule has 0 spiro atoms. The Morgan fingerprint density at radius 2 is 1.79 bits per heavy atom. The molecule has 6 nitrogen and oxygen atoms in total. The number of ether oxygens (including phenoxy) is 2. The van der Waals surface area contributed by atoms with E-state index in [9.17, 15) is 15.0 Å². The van der Waals surface area contributed by atoms with Gasteiger partial charge in [0.1, 0.15) is 6.10 Å². The lowest BCUT2D eigenvalue weighted by Gasteiger charge is -2.17. The van der Waals surface area contributed by atoms with E-state index in [4.69, 9.17) is 15.2 Å². The highest BCUT2D eigenvalue weighted by atomic mass is 16.5. The zero-order chi connectivity index (χ0) is 14.4. The molecule has 0 saturated heterocycles. The van der Waals surface area contributed by atoms with Crippen molar-refractivity contribution in [1.82, 2.24) is 0 Å². The smallest absolute Gasteiger partial charge is 0.249 e. The van der Waals surface area contributed by atoms with Crippen LogP contribution in [0.15, 0.2) is 18.2 Å². The molecule has 6 heteroatoms. The van der Waals surface area contributed by atoms with Gasteiger partial charge in [-0.3, -0.25) is 4.79 Å². The van der Waals surface area contributed by atoms with Crippen LogP contribution in [0.1, 0.15) is 25.5 Å². The molecule has 0 bridgehead atoms.